The van der Waals surface area contributed by atoms with Crippen molar-refractivity contribution >= 4 is 33.2 Å². The van der Waals surface area contributed by atoms with Crippen molar-refractivity contribution in [1.29, 1.82) is 0 Å². The molecule has 0 aliphatic carbocycles. The Morgan fingerprint density at radius 3 is 2.48 bits per heavy atom. The first-order valence-electron chi connectivity index (χ1n) is 7.87. The van der Waals surface area contributed by atoms with Crippen molar-refractivity contribution in [3.63, 3.8) is 0 Å². The highest BCUT2D eigenvalue weighted by Gasteiger charge is 2.15. The maximum absolute atomic E-state index is 11.9. The van der Waals surface area contributed by atoms with Crippen molar-refractivity contribution in [3.8, 4) is 22.4 Å². The molecule has 138 valence electrons. The summed E-state index contributed by atoms with van der Waals surface area (Å²) >= 11 is 6.32. The zero-order chi connectivity index (χ0) is 19.6. The average molecular weight is 402 g/mol. The molecule has 27 heavy (non-hydrogen) atoms. The molecule has 8 heteroatoms. The largest absolute Gasteiger partial charge is 0.366 e. The first-order valence-corrected chi connectivity index (χ1v) is 10.1. The second-order valence-electron chi connectivity index (χ2n) is 5.91. The average Bonchev–Trinajstić information content (AvgIpc) is 2.61. The third kappa shape index (κ3) is 4.45. The van der Waals surface area contributed by atoms with E-state index in [-0.39, 0.29) is 5.56 Å². The molecule has 2 aromatic carbocycles. The summed E-state index contributed by atoms with van der Waals surface area (Å²) in [6.45, 7) is 0. The van der Waals surface area contributed by atoms with E-state index >= 15 is 0 Å². The number of carbonyl (C=O) groups is 1. The van der Waals surface area contributed by atoms with E-state index in [9.17, 15) is 13.2 Å². The number of benzene rings is 2. The van der Waals surface area contributed by atoms with Crippen molar-refractivity contribution in [2.75, 3.05) is 11.0 Å². The zero-order valence-electron chi connectivity index (χ0n) is 14.3. The number of rotatable bonds is 5. The van der Waals surface area contributed by atoms with Gasteiger partial charge in [-0.15, -0.1) is 0 Å². The molecule has 0 spiro atoms. The lowest BCUT2D eigenvalue weighted by Crippen LogP contribution is -2.14. The molecule has 0 unspecified atom stereocenters. The number of hydrogen-bond acceptors (Lipinski definition) is 4. The third-order valence-electron chi connectivity index (χ3n) is 3.81. The number of nitrogens with one attached hydrogen (secondary N) is 1. The number of amides is 1. The number of aromatic nitrogens is 1. The maximum Gasteiger partial charge on any atom is 0.249 e. The van der Waals surface area contributed by atoms with Gasteiger partial charge in [-0.1, -0.05) is 23.7 Å². The molecule has 0 bridgehead atoms. The van der Waals surface area contributed by atoms with Gasteiger partial charge in [-0.05, 0) is 53.6 Å². The Bertz CT molecular complexity index is 1120. The molecule has 0 atom stereocenters. The predicted octanol–water partition coefficient (Wildman–Crippen LogP) is 3.54. The van der Waals surface area contributed by atoms with E-state index in [1.54, 1.807) is 36.5 Å². The van der Waals surface area contributed by atoms with Crippen LogP contribution in [0.1, 0.15) is 10.4 Å². The summed E-state index contributed by atoms with van der Waals surface area (Å²) in [5, 5.41) is 0.503. The van der Waals surface area contributed by atoms with E-state index in [0.29, 0.717) is 33.1 Å². The first-order chi connectivity index (χ1) is 12.7. The molecular weight excluding hydrogens is 386 g/mol. The van der Waals surface area contributed by atoms with Crippen LogP contribution in [0.4, 0.5) is 5.69 Å². The molecule has 1 aromatic heterocycles. The fourth-order valence-electron chi connectivity index (χ4n) is 2.69. The van der Waals surface area contributed by atoms with Crippen LogP contribution in [-0.2, 0) is 10.0 Å². The van der Waals surface area contributed by atoms with E-state index in [2.05, 4.69) is 9.71 Å². The topological polar surface area (TPSA) is 102 Å². The van der Waals surface area contributed by atoms with Gasteiger partial charge >= 0.3 is 0 Å². The van der Waals surface area contributed by atoms with Gasteiger partial charge in [0.05, 0.1) is 11.9 Å². The van der Waals surface area contributed by atoms with Crippen molar-refractivity contribution < 1.29 is 13.2 Å². The Kier molecular flexibility index (Phi) is 5.16. The Hall–Kier alpha value is -2.90. The summed E-state index contributed by atoms with van der Waals surface area (Å²) in [6.07, 6.45) is 2.71. The first kappa shape index (κ1) is 18.9. The molecule has 0 fully saturated rings. The number of nitrogens with two attached hydrogens (primary N) is 1. The molecule has 3 N–H and O–H groups in total. The van der Waals surface area contributed by atoms with Gasteiger partial charge in [0.25, 0.3) is 0 Å². The molecule has 0 saturated carbocycles. The van der Waals surface area contributed by atoms with Crippen LogP contribution in [-0.4, -0.2) is 25.6 Å². The number of carbonyl (C=O) groups excluding carboxylic acids is 1. The lowest BCUT2D eigenvalue weighted by molar-refractivity contribution is 0.100. The van der Waals surface area contributed by atoms with Crippen LogP contribution >= 0.6 is 11.6 Å². The van der Waals surface area contributed by atoms with Crippen LogP contribution in [0, 0.1) is 0 Å². The van der Waals surface area contributed by atoms with E-state index in [4.69, 9.17) is 17.3 Å². The Labute approximate surface area is 162 Å². The van der Waals surface area contributed by atoms with Crippen LogP contribution in [0.15, 0.2) is 60.8 Å². The van der Waals surface area contributed by atoms with Crippen molar-refractivity contribution in [2.45, 2.75) is 0 Å². The van der Waals surface area contributed by atoms with Gasteiger partial charge < -0.3 is 5.73 Å². The van der Waals surface area contributed by atoms with Crippen LogP contribution in [0.25, 0.3) is 22.4 Å². The van der Waals surface area contributed by atoms with Gasteiger partial charge in [0, 0.05) is 28.0 Å². The Morgan fingerprint density at radius 1 is 1.07 bits per heavy atom. The van der Waals surface area contributed by atoms with Crippen LogP contribution in [0.2, 0.25) is 5.02 Å². The van der Waals surface area contributed by atoms with E-state index in [1.165, 1.54) is 12.1 Å². The lowest BCUT2D eigenvalue weighted by atomic mass is 9.96. The molecule has 1 amide bonds. The Morgan fingerprint density at radius 2 is 1.85 bits per heavy atom. The third-order valence-corrected chi connectivity index (χ3v) is 4.74. The van der Waals surface area contributed by atoms with E-state index in [0.717, 1.165) is 6.26 Å². The molecule has 0 aliphatic rings. The Balaban J connectivity index is 2.17. The molecule has 0 radical (unpaired) electrons. The molecule has 6 nitrogen and oxygen atoms in total. The molecular formula is C19H16ClN3O3S. The SMILES string of the molecule is CS(=O)(=O)Nc1ccc(C(N)=O)c(-c2ccc(Cl)c(-c3ccccn3)c2)c1. The van der Waals surface area contributed by atoms with Crippen molar-refractivity contribution in [2.24, 2.45) is 5.73 Å². The van der Waals surface area contributed by atoms with Gasteiger partial charge in [-0.3, -0.25) is 14.5 Å². The highest BCUT2D eigenvalue weighted by molar-refractivity contribution is 7.92. The quantitative estimate of drug-likeness (QED) is 0.682. The number of halogens is 1. The smallest absolute Gasteiger partial charge is 0.249 e. The normalized spacial score (nSPS) is 11.2. The maximum atomic E-state index is 11.9. The highest BCUT2D eigenvalue weighted by atomic mass is 35.5. The zero-order valence-corrected chi connectivity index (χ0v) is 15.9. The summed E-state index contributed by atoms with van der Waals surface area (Å²) < 4.78 is 25.4. The molecule has 1 heterocycles. The fraction of sp³-hybridized carbons (Fsp3) is 0.0526. The van der Waals surface area contributed by atoms with Crippen LogP contribution in [0.3, 0.4) is 0 Å². The van der Waals surface area contributed by atoms with Gasteiger partial charge in [-0.25, -0.2) is 8.42 Å². The van der Waals surface area contributed by atoms with Gasteiger partial charge in [0.1, 0.15) is 0 Å². The molecule has 3 rings (SSSR count). The summed E-state index contributed by atoms with van der Waals surface area (Å²) in [5.41, 5.74) is 8.60. The predicted molar refractivity (Wildman–Crippen MR) is 107 cm³/mol. The second-order valence-corrected chi connectivity index (χ2v) is 8.06. The summed E-state index contributed by atoms with van der Waals surface area (Å²) in [6, 6.07) is 15.2. The number of hydrogen-bond donors (Lipinski definition) is 2. The van der Waals surface area contributed by atoms with Crippen molar-refractivity contribution in [1.82, 2.24) is 4.98 Å². The summed E-state index contributed by atoms with van der Waals surface area (Å²) in [5.74, 6) is -0.620. The highest BCUT2D eigenvalue weighted by Crippen LogP contribution is 2.34. The molecule has 0 saturated heterocycles. The van der Waals surface area contributed by atoms with E-state index in [1.807, 2.05) is 12.1 Å². The fourth-order valence-corrected chi connectivity index (χ4v) is 3.46. The number of sulfonamides is 1. The standard InChI is InChI=1S/C19H16ClN3O3S/c1-27(25,26)23-13-6-7-14(19(21)24)15(11-13)12-5-8-17(20)16(10-12)18-4-2-3-9-22-18/h2-11,23H,1H3,(H2,21,24). The minimum absolute atomic E-state index is 0.267. The van der Waals surface area contributed by atoms with Gasteiger partial charge in [0.2, 0.25) is 15.9 Å². The monoisotopic (exact) mass is 401 g/mol. The van der Waals surface area contributed by atoms with Crippen LogP contribution < -0.4 is 10.5 Å². The summed E-state index contributed by atoms with van der Waals surface area (Å²) in [4.78, 5) is 16.2. The number of primary amides is 1. The minimum Gasteiger partial charge on any atom is -0.366 e. The number of pyridine rings is 1. The lowest BCUT2D eigenvalue weighted by Gasteiger charge is -2.13. The van der Waals surface area contributed by atoms with E-state index < -0.39 is 15.9 Å². The van der Waals surface area contributed by atoms with Gasteiger partial charge in [0.15, 0.2) is 0 Å². The van der Waals surface area contributed by atoms with Gasteiger partial charge in [-0.2, -0.15) is 0 Å². The minimum atomic E-state index is -3.46. The van der Waals surface area contributed by atoms with Crippen LogP contribution in [0.5, 0.6) is 0 Å². The van der Waals surface area contributed by atoms with Crippen molar-refractivity contribution in [3.05, 3.63) is 71.4 Å². The number of anilines is 1. The number of nitrogens with zero attached hydrogens (tertiary/aromatic N) is 1. The molecule has 0 aliphatic heterocycles. The summed E-state index contributed by atoms with van der Waals surface area (Å²) in [7, 11) is -3.46. The molecule has 3 aromatic rings. The second kappa shape index (κ2) is 7.38.